The molecule has 1 N–H and O–H groups in total. The van der Waals surface area contributed by atoms with E-state index in [2.05, 4.69) is 64.0 Å². The SMILES string of the molecule is [N-]=[N+]=NCCCCC/C=C\C/C=C\C/C=C\C/C=C\CCCC(=O)NC1CC1. The summed E-state index contributed by atoms with van der Waals surface area (Å²) < 4.78 is 0. The van der Waals surface area contributed by atoms with Gasteiger partial charge in [-0.15, -0.1) is 0 Å². The first-order valence-corrected chi connectivity index (χ1v) is 10.7. The van der Waals surface area contributed by atoms with Crippen LogP contribution in [0.3, 0.4) is 0 Å². The molecule has 0 radical (unpaired) electrons. The van der Waals surface area contributed by atoms with Crippen LogP contribution in [0.5, 0.6) is 0 Å². The van der Waals surface area contributed by atoms with Gasteiger partial charge in [-0.25, -0.2) is 0 Å². The molecule has 0 aliphatic heterocycles. The number of azide groups is 1. The van der Waals surface area contributed by atoms with Crippen molar-refractivity contribution >= 4 is 5.91 Å². The standard InChI is InChI=1S/C23H36N4O/c24-27-25-21-17-15-13-11-9-7-5-3-1-2-4-6-8-10-12-14-16-18-23(28)26-22-19-20-22/h1,3-4,6-7,9-10,12,22H,2,5,8,11,13-21H2,(H,26,28)/b3-1-,6-4-,9-7-,12-10-. The van der Waals surface area contributed by atoms with Crippen molar-refractivity contribution in [2.45, 2.75) is 83.1 Å². The van der Waals surface area contributed by atoms with Gasteiger partial charge in [-0.2, -0.15) is 0 Å². The second-order valence-electron chi connectivity index (χ2n) is 7.13. The van der Waals surface area contributed by atoms with E-state index >= 15 is 0 Å². The largest absolute Gasteiger partial charge is 0.353 e. The first-order chi connectivity index (χ1) is 13.8. The van der Waals surface area contributed by atoms with Crippen LogP contribution in [0, 0.1) is 0 Å². The van der Waals surface area contributed by atoms with E-state index in [4.69, 9.17) is 5.53 Å². The Morgan fingerprint density at radius 1 is 0.857 bits per heavy atom. The Morgan fingerprint density at radius 3 is 2.00 bits per heavy atom. The monoisotopic (exact) mass is 384 g/mol. The molecule has 1 aliphatic rings. The molecule has 1 aliphatic carbocycles. The highest BCUT2D eigenvalue weighted by Gasteiger charge is 2.22. The number of rotatable bonds is 17. The Hall–Kier alpha value is -2.26. The Morgan fingerprint density at radius 2 is 1.43 bits per heavy atom. The molecule has 1 fully saturated rings. The van der Waals surface area contributed by atoms with Crippen LogP contribution in [0.2, 0.25) is 0 Å². The Balaban J connectivity index is 1.85. The van der Waals surface area contributed by atoms with Gasteiger partial charge in [0.25, 0.3) is 0 Å². The van der Waals surface area contributed by atoms with Gasteiger partial charge in [0.2, 0.25) is 5.91 Å². The number of carbonyl (C=O) groups excluding carboxylic acids is 1. The summed E-state index contributed by atoms with van der Waals surface area (Å²) >= 11 is 0. The van der Waals surface area contributed by atoms with E-state index in [1.54, 1.807) is 0 Å². The molecular formula is C23H36N4O. The van der Waals surface area contributed by atoms with Crippen molar-refractivity contribution in [3.63, 3.8) is 0 Å². The van der Waals surface area contributed by atoms with Gasteiger partial charge in [0.15, 0.2) is 0 Å². The fourth-order valence-electron chi connectivity index (χ4n) is 2.62. The van der Waals surface area contributed by atoms with Crippen LogP contribution >= 0.6 is 0 Å². The van der Waals surface area contributed by atoms with E-state index in [-0.39, 0.29) is 5.91 Å². The number of carbonyl (C=O) groups is 1. The molecule has 1 saturated carbocycles. The van der Waals surface area contributed by atoms with Gasteiger partial charge in [0, 0.05) is 23.9 Å². The van der Waals surface area contributed by atoms with E-state index in [9.17, 15) is 4.79 Å². The minimum atomic E-state index is 0.208. The van der Waals surface area contributed by atoms with Crippen molar-refractivity contribution in [1.82, 2.24) is 5.32 Å². The van der Waals surface area contributed by atoms with Crippen molar-refractivity contribution in [2.24, 2.45) is 5.11 Å². The van der Waals surface area contributed by atoms with Crippen LogP contribution in [-0.2, 0) is 4.79 Å². The second-order valence-corrected chi connectivity index (χ2v) is 7.13. The van der Waals surface area contributed by atoms with Gasteiger partial charge in [-0.05, 0) is 69.7 Å². The fourth-order valence-corrected chi connectivity index (χ4v) is 2.62. The Labute approximate surface area is 170 Å². The van der Waals surface area contributed by atoms with Crippen molar-refractivity contribution in [3.05, 3.63) is 59.1 Å². The number of unbranched alkanes of at least 4 members (excludes halogenated alkanes) is 4. The Bertz CT molecular complexity index is 567. The maximum Gasteiger partial charge on any atom is 0.220 e. The first-order valence-electron chi connectivity index (χ1n) is 10.7. The van der Waals surface area contributed by atoms with Crippen LogP contribution < -0.4 is 5.32 Å². The van der Waals surface area contributed by atoms with E-state index in [1.807, 2.05) is 0 Å². The molecule has 5 heteroatoms. The lowest BCUT2D eigenvalue weighted by molar-refractivity contribution is -0.121. The van der Waals surface area contributed by atoms with Gasteiger partial charge in [-0.3, -0.25) is 4.79 Å². The van der Waals surface area contributed by atoms with Gasteiger partial charge in [0.05, 0.1) is 0 Å². The highest BCUT2D eigenvalue weighted by molar-refractivity contribution is 5.76. The van der Waals surface area contributed by atoms with Gasteiger partial charge < -0.3 is 5.32 Å². The molecule has 0 spiro atoms. The average molecular weight is 385 g/mol. The zero-order valence-corrected chi connectivity index (χ0v) is 17.1. The highest BCUT2D eigenvalue weighted by atomic mass is 16.1. The summed E-state index contributed by atoms with van der Waals surface area (Å²) in [6, 6.07) is 0.477. The molecule has 5 nitrogen and oxygen atoms in total. The number of allylic oxidation sites excluding steroid dienone is 8. The fraction of sp³-hybridized carbons (Fsp3) is 0.609. The summed E-state index contributed by atoms with van der Waals surface area (Å²) in [6.07, 6.45) is 29.7. The zero-order chi connectivity index (χ0) is 20.1. The predicted molar refractivity (Wildman–Crippen MR) is 118 cm³/mol. The smallest absolute Gasteiger partial charge is 0.220 e. The van der Waals surface area contributed by atoms with E-state index in [1.165, 1.54) is 0 Å². The lowest BCUT2D eigenvalue weighted by Crippen LogP contribution is -2.24. The molecule has 0 aromatic carbocycles. The molecule has 0 aromatic rings. The summed E-state index contributed by atoms with van der Waals surface area (Å²) in [4.78, 5) is 14.3. The van der Waals surface area contributed by atoms with Crippen molar-refractivity contribution in [2.75, 3.05) is 6.54 Å². The van der Waals surface area contributed by atoms with E-state index in [0.29, 0.717) is 19.0 Å². The molecule has 1 amide bonds. The van der Waals surface area contributed by atoms with Crippen LogP contribution in [0.15, 0.2) is 53.7 Å². The minimum Gasteiger partial charge on any atom is -0.353 e. The summed E-state index contributed by atoms with van der Waals surface area (Å²) in [5.41, 5.74) is 8.17. The van der Waals surface area contributed by atoms with Crippen LogP contribution in [0.1, 0.15) is 77.0 Å². The molecule has 0 saturated heterocycles. The number of nitrogens with one attached hydrogen (secondary N) is 1. The molecule has 154 valence electrons. The van der Waals surface area contributed by atoms with Crippen molar-refractivity contribution in [1.29, 1.82) is 0 Å². The maximum atomic E-state index is 11.5. The topological polar surface area (TPSA) is 77.9 Å². The molecule has 0 bridgehead atoms. The third-order valence-electron chi connectivity index (χ3n) is 4.39. The zero-order valence-electron chi connectivity index (χ0n) is 17.1. The van der Waals surface area contributed by atoms with Gasteiger partial charge in [-0.1, -0.05) is 60.1 Å². The molecular weight excluding hydrogens is 348 g/mol. The minimum absolute atomic E-state index is 0.208. The normalized spacial score (nSPS) is 14.4. The third-order valence-corrected chi connectivity index (χ3v) is 4.39. The highest BCUT2D eigenvalue weighted by Crippen LogP contribution is 2.18. The number of hydrogen-bond donors (Lipinski definition) is 1. The summed E-state index contributed by atoms with van der Waals surface area (Å²) in [5.74, 6) is 0.208. The maximum absolute atomic E-state index is 11.5. The number of amides is 1. The van der Waals surface area contributed by atoms with Crippen LogP contribution in [0.4, 0.5) is 0 Å². The van der Waals surface area contributed by atoms with Crippen molar-refractivity contribution in [3.8, 4) is 0 Å². The number of nitrogens with zero attached hydrogens (tertiary/aromatic N) is 3. The van der Waals surface area contributed by atoms with Crippen molar-refractivity contribution < 1.29 is 4.79 Å². The average Bonchev–Trinajstić information content (AvgIpc) is 3.50. The predicted octanol–water partition coefficient (Wildman–Crippen LogP) is 6.70. The van der Waals surface area contributed by atoms with Gasteiger partial charge >= 0.3 is 0 Å². The summed E-state index contributed by atoms with van der Waals surface area (Å²) in [6.45, 7) is 0.616. The van der Waals surface area contributed by atoms with E-state index in [0.717, 1.165) is 70.6 Å². The van der Waals surface area contributed by atoms with Crippen LogP contribution in [0.25, 0.3) is 10.4 Å². The number of hydrogen-bond acceptors (Lipinski definition) is 2. The quantitative estimate of drug-likeness (QED) is 0.0978. The third kappa shape index (κ3) is 17.2. The molecule has 28 heavy (non-hydrogen) atoms. The first kappa shape index (κ1) is 23.8. The lowest BCUT2D eigenvalue weighted by atomic mass is 10.2. The molecule has 0 aromatic heterocycles. The molecule has 1 rings (SSSR count). The molecule has 0 heterocycles. The summed E-state index contributed by atoms with van der Waals surface area (Å²) in [5, 5.41) is 6.55. The lowest BCUT2D eigenvalue weighted by Gasteiger charge is -2.00. The summed E-state index contributed by atoms with van der Waals surface area (Å²) in [7, 11) is 0. The van der Waals surface area contributed by atoms with E-state index < -0.39 is 0 Å². The Kier molecular flexibility index (Phi) is 15.4. The molecule has 0 atom stereocenters. The molecule has 0 unspecified atom stereocenters. The van der Waals surface area contributed by atoms with Gasteiger partial charge in [0.1, 0.15) is 0 Å². The second kappa shape index (κ2) is 18.1. The van der Waals surface area contributed by atoms with Crippen LogP contribution in [-0.4, -0.2) is 18.5 Å².